The van der Waals surface area contributed by atoms with Gasteiger partial charge in [-0.2, -0.15) is 5.26 Å². The first kappa shape index (κ1) is 11.0. The van der Waals surface area contributed by atoms with Gasteiger partial charge in [0.25, 0.3) is 0 Å². The molecule has 0 radical (unpaired) electrons. The van der Waals surface area contributed by atoms with Crippen LogP contribution >= 0.6 is 0 Å². The Hall–Kier alpha value is -2.03. The highest BCUT2D eigenvalue weighted by Gasteiger charge is 2.01. The topological polar surface area (TPSA) is 94.1 Å². The number of rotatable bonds is 4. The fraction of sp³-hybridized carbons (Fsp3) is 0.444. The molecular weight excluding hydrogens is 192 g/mol. The number of hydrogen-bond donors (Lipinski definition) is 2. The van der Waals surface area contributed by atoms with Gasteiger partial charge in [0.2, 0.25) is 12.2 Å². The fourth-order valence-corrected chi connectivity index (χ4v) is 1.18. The van der Waals surface area contributed by atoms with Crippen LogP contribution in [0, 0.1) is 11.5 Å². The number of hydrogen-bond acceptors (Lipinski definition) is 3. The van der Waals surface area contributed by atoms with Gasteiger partial charge in [-0.15, -0.1) is 4.99 Å². The first-order chi connectivity index (χ1) is 7.24. The van der Waals surface area contributed by atoms with E-state index in [1.54, 1.807) is 23.6 Å². The van der Waals surface area contributed by atoms with E-state index in [0.717, 1.165) is 25.1 Å². The zero-order valence-corrected chi connectivity index (χ0v) is 8.64. The highest BCUT2D eigenvalue weighted by Crippen LogP contribution is 1.98. The maximum atomic E-state index is 8.30. The van der Waals surface area contributed by atoms with Crippen molar-refractivity contribution in [2.24, 2.45) is 10.7 Å². The summed E-state index contributed by atoms with van der Waals surface area (Å²) in [7, 11) is 1.81. The number of aromatic nitrogens is 2. The third-order valence-electron chi connectivity index (χ3n) is 2.05. The summed E-state index contributed by atoms with van der Waals surface area (Å²) < 4.78 is 0. The fourth-order valence-electron chi connectivity index (χ4n) is 1.18. The lowest BCUT2D eigenvalue weighted by Crippen LogP contribution is -2.34. The number of imidazole rings is 1. The third kappa shape index (κ3) is 3.68. The number of nitriles is 1. The third-order valence-corrected chi connectivity index (χ3v) is 2.05. The molecule has 1 aromatic heterocycles. The normalized spacial score (nSPS) is 11.1. The second-order valence-electron chi connectivity index (χ2n) is 3.17. The van der Waals surface area contributed by atoms with Gasteiger partial charge in [-0.25, -0.2) is 4.98 Å². The Morgan fingerprint density at radius 1 is 1.80 bits per heavy atom. The molecule has 1 rings (SSSR count). The molecule has 3 N–H and O–H groups in total. The molecule has 80 valence electrons. The maximum Gasteiger partial charge on any atom is 0.209 e. The van der Waals surface area contributed by atoms with Crippen molar-refractivity contribution in [1.82, 2.24) is 14.9 Å². The number of aliphatic imine (C=N–C) groups is 1. The van der Waals surface area contributed by atoms with Crippen LogP contribution in [0.3, 0.4) is 0 Å². The largest absolute Gasteiger partial charge is 0.369 e. The Morgan fingerprint density at radius 2 is 2.60 bits per heavy atom. The van der Waals surface area contributed by atoms with Gasteiger partial charge in [-0.05, 0) is 12.8 Å². The molecule has 0 atom stereocenters. The summed E-state index contributed by atoms with van der Waals surface area (Å²) in [6, 6.07) is 0. The Morgan fingerprint density at radius 3 is 3.20 bits per heavy atom. The second-order valence-corrected chi connectivity index (χ2v) is 3.17. The molecule has 0 aromatic carbocycles. The van der Waals surface area contributed by atoms with Crippen LogP contribution in [0.15, 0.2) is 17.5 Å². The molecule has 0 spiro atoms. The number of H-pyrrole nitrogens is 1. The average molecular weight is 206 g/mol. The molecule has 0 amide bonds. The Labute approximate surface area is 88.4 Å². The minimum atomic E-state index is 0.252. The van der Waals surface area contributed by atoms with Gasteiger partial charge in [0, 0.05) is 25.5 Å². The first-order valence-electron chi connectivity index (χ1n) is 4.64. The summed E-state index contributed by atoms with van der Waals surface area (Å²) in [5.74, 6) is 0.252. The summed E-state index contributed by atoms with van der Waals surface area (Å²) in [5, 5.41) is 8.30. The molecule has 15 heavy (non-hydrogen) atoms. The lowest BCUT2D eigenvalue weighted by atomic mass is 10.2. The van der Waals surface area contributed by atoms with E-state index in [9.17, 15) is 0 Å². The minimum absolute atomic E-state index is 0.252. The molecule has 1 heterocycles. The van der Waals surface area contributed by atoms with E-state index in [1.165, 1.54) is 0 Å². The van der Waals surface area contributed by atoms with Crippen LogP contribution in [0.5, 0.6) is 0 Å². The molecule has 0 aliphatic rings. The van der Waals surface area contributed by atoms with Gasteiger partial charge >= 0.3 is 0 Å². The smallest absolute Gasteiger partial charge is 0.209 e. The molecule has 0 saturated heterocycles. The van der Waals surface area contributed by atoms with E-state index < -0.39 is 0 Å². The van der Waals surface area contributed by atoms with Crippen molar-refractivity contribution in [2.75, 3.05) is 13.6 Å². The van der Waals surface area contributed by atoms with Gasteiger partial charge in [-0.3, -0.25) is 0 Å². The Balaban J connectivity index is 2.26. The molecule has 0 aliphatic heterocycles. The predicted octanol–water partition coefficient (Wildman–Crippen LogP) is 0.0699. The quantitative estimate of drug-likeness (QED) is 0.414. The SMILES string of the molecule is CN(CCCc1cnc[nH]1)C(N)=NC#N. The number of aryl methyl sites for hydroxylation is 1. The van der Waals surface area contributed by atoms with Gasteiger partial charge in [-0.1, -0.05) is 0 Å². The summed E-state index contributed by atoms with van der Waals surface area (Å²) in [6.45, 7) is 0.760. The summed E-state index contributed by atoms with van der Waals surface area (Å²) in [5.41, 5.74) is 6.62. The van der Waals surface area contributed by atoms with Crippen LogP contribution in [0.4, 0.5) is 0 Å². The lowest BCUT2D eigenvalue weighted by Gasteiger charge is -2.16. The molecule has 6 nitrogen and oxygen atoms in total. The minimum Gasteiger partial charge on any atom is -0.369 e. The van der Waals surface area contributed by atoms with Crippen molar-refractivity contribution < 1.29 is 0 Å². The Bertz CT molecular complexity index is 347. The van der Waals surface area contributed by atoms with E-state index in [2.05, 4.69) is 15.0 Å². The zero-order valence-electron chi connectivity index (χ0n) is 8.64. The molecule has 0 aliphatic carbocycles. The van der Waals surface area contributed by atoms with Crippen LogP contribution in [0.25, 0.3) is 0 Å². The van der Waals surface area contributed by atoms with Crippen LogP contribution < -0.4 is 5.73 Å². The zero-order chi connectivity index (χ0) is 11.1. The summed E-state index contributed by atoms with van der Waals surface area (Å²) >= 11 is 0. The van der Waals surface area contributed by atoms with Gasteiger partial charge in [0.05, 0.1) is 6.33 Å². The molecular formula is C9H14N6. The van der Waals surface area contributed by atoms with Crippen LogP contribution in [-0.4, -0.2) is 34.4 Å². The van der Waals surface area contributed by atoms with E-state index in [4.69, 9.17) is 11.0 Å². The predicted molar refractivity (Wildman–Crippen MR) is 56.8 cm³/mol. The summed E-state index contributed by atoms with van der Waals surface area (Å²) in [6.07, 6.45) is 6.95. The van der Waals surface area contributed by atoms with Gasteiger partial charge < -0.3 is 15.6 Å². The van der Waals surface area contributed by atoms with Crippen molar-refractivity contribution >= 4 is 5.96 Å². The highest BCUT2D eigenvalue weighted by atomic mass is 15.2. The lowest BCUT2D eigenvalue weighted by molar-refractivity contribution is 0.482. The number of nitrogens with one attached hydrogen (secondary N) is 1. The summed E-state index contributed by atoms with van der Waals surface area (Å²) in [4.78, 5) is 12.1. The number of guanidine groups is 1. The Kier molecular flexibility index (Phi) is 4.16. The van der Waals surface area contributed by atoms with Crippen LogP contribution in [0.1, 0.15) is 12.1 Å². The van der Waals surface area contributed by atoms with Crippen molar-refractivity contribution in [3.05, 3.63) is 18.2 Å². The van der Waals surface area contributed by atoms with Crippen LogP contribution in [0.2, 0.25) is 0 Å². The molecule has 0 saturated carbocycles. The molecule has 6 heteroatoms. The highest BCUT2D eigenvalue weighted by molar-refractivity contribution is 5.78. The van der Waals surface area contributed by atoms with Crippen molar-refractivity contribution in [1.29, 1.82) is 5.26 Å². The molecule has 0 unspecified atom stereocenters. The van der Waals surface area contributed by atoms with Crippen molar-refractivity contribution in [3.8, 4) is 6.19 Å². The first-order valence-corrected chi connectivity index (χ1v) is 4.64. The van der Waals surface area contributed by atoms with E-state index in [1.807, 2.05) is 7.05 Å². The van der Waals surface area contributed by atoms with Crippen LogP contribution in [-0.2, 0) is 6.42 Å². The van der Waals surface area contributed by atoms with Gasteiger partial charge in [0.15, 0.2) is 0 Å². The van der Waals surface area contributed by atoms with Gasteiger partial charge in [0.1, 0.15) is 0 Å². The maximum absolute atomic E-state index is 8.30. The average Bonchev–Trinajstić information content (AvgIpc) is 2.71. The van der Waals surface area contributed by atoms with Crippen molar-refractivity contribution in [3.63, 3.8) is 0 Å². The van der Waals surface area contributed by atoms with E-state index in [-0.39, 0.29) is 5.96 Å². The van der Waals surface area contributed by atoms with Crippen molar-refractivity contribution in [2.45, 2.75) is 12.8 Å². The number of aromatic amines is 1. The molecule has 1 aromatic rings. The second kappa shape index (κ2) is 5.65. The van der Waals surface area contributed by atoms with E-state index in [0.29, 0.717) is 0 Å². The monoisotopic (exact) mass is 206 g/mol. The van der Waals surface area contributed by atoms with E-state index >= 15 is 0 Å². The standard InChI is InChI=1S/C9H14N6/c1-15(9(11)13-6-10)4-2-3-8-5-12-7-14-8/h5,7H,2-4H2,1H3,(H2,11,13)(H,12,14). The number of nitrogens with zero attached hydrogens (tertiary/aromatic N) is 4. The number of nitrogens with two attached hydrogens (primary N) is 1. The molecule has 0 fully saturated rings. The molecule has 0 bridgehead atoms.